The highest BCUT2D eigenvalue weighted by Crippen LogP contribution is 2.51. The molecule has 1 aromatic carbocycles. The van der Waals surface area contributed by atoms with Crippen LogP contribution in [-0.4, -0.2) is 20.0 Å². The van der Waals surface area contributed by atoms with E-state index >= 15 is 0 Å². The number of benzene rings is 1. The summed E-state index contributed by atoms with van der Waals surface area (Å²) in [6.45, 7) is 1.65. The minimum Gasteiger partial charge on any atom is -0.497 e. The van der Waals surface area contributed by atoms with Crippen LogP contribution in [0.15, 0.2) is 18.2 Å². The molecule has 1 aliphatic carbocycles. The highest BCUT2D eigenvalue weighted by molar-refractivity contribution is 5.82. The van der Waals surface area contributed by atoms with Crippen LogP contribution in [0.5, 0.6) is 11.5 Å². The van der Waals surface area contributed by atoms with Crippen LogP contribution in [-0.2, 0) is 4.79 Å². The molecule has 3 heteroatoms. The van der Waals surface area contributed by atoms with Crippen LogP contribution >= 0.6 is 0 Å². The highest BCUT2D eigenvalue weighted by atomic mass is 16.5. The van der Waals surface area contributed by atoms with Gasteiger partial charge in [-0.05, 0) is 30.9 Å². The molecule has 3 nitrogen and oxygen atoms in total. The quantitative estimate of drug-likeness (QED) is 0.781. The summed E-state index contributed by atoms with van der Waals surface area (Å²) in [5, 5.41) is 0. The van der Waals surface area contributed by atoms with Gasteiger partial charge in [0.1, 0.15) is 17.3 Å². The number of hydrogen-bond donors (Lipinski definition) is 0. The number of methoxy groups -OCH3 is 2. The predicted octanol–water partition coefficient (Wildman–Crippen LogP) is 2.40. The lowest BCUT2D eigenvalue weighted by Crippen LogP contribution is -1.97. The number of carbonyl (C=O) groups excluding carboxylic acids is 1. The summed E-state index contributed by atoms with van der Waals surface area (Å²) in [6.07, 6.45) is 0.942. The zero-order chi connectivity index (χ0) is 11.7. The number of carbonyl (C=O) groups is 1. The summed E-state index contributed by atoms with van der Waals surface area (Å²) >= 11 is 0. The molecule has 16 heavy (non-hydrogen) atoms. The number of rotatable bonds is 4. The molecule has 2 rings (SSSR count). The van der Waals surface area contributed by atoms with Crippen LogP contribution in [0.3, 0.4) is 0 Å². The number of Topliss-reactive ketones (excluding diaryl/α,β-unsaturated/α-hetero) is 1. The molecule has 0 aliphatic heterocycles. The van der Waals surface area contributed by atoms with E-state index in [-0.39, 0.29) is 11.7 Å². The maximum Gasteiger partial charge on any atom is 0.133 e. The van der Waals surface area contributed by atoms with Crippen molar-refractivity contribution in [3.05, 3.63) is 23.8 Å². The summed E-state index contributed by atoms with van der Waals surface area (Å²) in [5.74, 6) is 2.37. The van der Waals surface area contributed by atoms with E-state index in [4.69, 9.17) is 9.47 Å². The Kier molecular flexibility index (Phi) is 2.86. The largest absolute Gasteiger partial charge is 0.497 e. The van der Waals surface area contributed by atoms with Gasteiger partial charge < -0.3 is 9.47 Å². The first-order chi connectivity index (χ1) is 7.67. The maximum absolute atomic E-state index is 11.2. The van der Waals surface area contributed by atoms with Crippen LogP contribution in [0, 0.1) is 5.92 Å². The molecule has 1 aromatic rings. The Balaban J connectivity index is 2.25. The Morgan fingerprint density at radius 1 is 1.31 bits per heavy atom. The van der Waals surface area contributed by atoms with E-state index in [0.717, 1.165) is 23.5 Å². The van der Waals surface area contributed by atoms with E-state index in [9.17, 15) is 4.79 Å². The third kappa shape index (κ3) is 1.90. The molecule has 86 valence electrons. The number of ketones is 1. The summed E-state index contributed by atoms with van der Waals surface area (Å²) in [4.78, 5) is 11.2. The zero-order valence-corrected chi connectivity index (χ0v) is 9.82. The lowest BCUT2D eigenvalue weighted by atomic mass is 10.1. The Hall–Kier alpha value is -1.51. The van der Waals surface area contributed by atoms with Gasteiger partial charge in [0.25, 0.3) is 0 Å². The molecule has 0 aromatic heterocycles. The third-order valence-corrected chi connectivity index (χ3v) is 3.15. The van der Waals surface area contributed by atoms with E-state index in [1.165, 1.54) is 0 Å². The minimum absolute atomic E-state index is 0.183. The molecule has 0 saturated heterocycles. The lowest BCUT2D eigenvalue weighted by molar-refractivity contribution is -0.118. The molecule has 2 atom stereocenters. The van der Waals surface area contributed by atoms with Gasteiger partial charge in [-0.2, -0.15) is 0 Å². The first kappa shape index (κ1) is 11.0. The monoisotopic (exact) mass is 220 g/mol. The first-order valence-electron chi connectivity index (χ1n) is 5.39. The summed E-state index contributed by atoms with van der Waals surface area (Å²) in [6, 6.07) is 5.77. The van der Waals surface area contributed by atoms with E-state index in [0.29, 0.717) is 5.92 Å². The molecular formula is C13H16O3. The molecule has 0 N–H and O–H groups in total. The van der Waals surface area contributed by atoms with Crippen LogP contribution in [0.25, 0.3) is 0 Å². The second-order valence-corrected chi connectivity index (χ2v) is 4.17. The molecular weight excluding hydrogens is 204 g/mol. The van der Waals surface area contributed by atoms with Gasteiger partial charge in [0.15, 0.2) is 0 Å². The van der Waals surface area contributed by atoms with Crippen molar-refractivity contribution in [3.8, 4) is 11.5 Å². The van der Waals surface area contributed by atoms with Crippen molar-refractivity contribution in [3.63, 3.8) is 0 Å². The molecule has 0 radical (unpaired) electrons. The average Bonchev–Trinajstić information content (AvgIpc) is 3.08. The Labute approximate surface area is 95.4 Å². The van der Waals surface area contributed by atoms with Crippen molar-refractivity contribution in [2.75, 3.05) is 14.2 Å². The SMILES string of the molecule is COc1ccc([C@H]2C[C@H]2C(C)=O)c(OC)c1. The summed E-state index contributed by atoms with van der Waals surface area (Å²) < 4.78 is 10.5. The Morgan fingerprint density at radius 3 is 2.56 bits per heavy atom. The van der Waals surface area contributed by atoms with Crippen molar-refractivity contribution in [1.29, 1.82) is 0 Å². The van der Waals surface area contributed by atoms with Gasteiger partial charge in [0, 0.05) is 12.0 Å². The van der Waals surface area contributed by atoms with E-state index in [1.807, 2.05) is 18.2 Å². The summed E-state index contributed by atoms with van der Waals surface area (Å²) in [5.41, 5.74) is 1.11. The van der Waals surface area contributed by atoms with Gasteiger partial charge in [-0.25, -0.2) is 0 Å². The smallest absolute Gasteiger partial charge is 0.133 e. The van der Waals surface area contributed by atoms with Gasteiger partial charge in [0.05, 0.1) is 14.2 Å². The standard InChI is InChI=1S/C13H16O3/c1-8(14)11-7-12(11)10-5-4-9(15-2)6-13(10)16-3/h4-6,11-12H,7H2,1-3H3/t11-,12+/m0/s1. The van der Waals surface area contributed by atoms with Crippen molar-refractivity contribution in [1.82, 2.24) is 0 Å². The number of hydrogen-bond acceptors (Lipinski definition) is 3. The van der Waals surface area contributed by atoms with E-state index in [2.05, 4.69) is 0 Å². The fraction of sp³-hybridized carbons (Fsp3) is 0.462. The molecule has 1 fully saturated rings. The van der Waals surface area contributed by atoms with Crippen LogP contribution in [0.4, 0.5) is 0 Å². The first-order valence-corrected chi connectivity index (χ1v) is 5.39. The van der Waals surface area contributed by atoms with Gasteiger partial charge in [0.2, 0.25) is 0 Å². The molecule has 0 amide bonds. The maximum atomic E-state index is 11.2. The molecule has 1 aliphatic rings. The average molecular weight is 220 g/mol. The highest BCUT2D eigenvalue weighted by Gasteiger charge is 2.43. The van der Waals surface area contributed by atoms with Crippen LogP contribution in [0.2, 0.25) is 0 Å². The summed E-state index contributed by atoms with van der Waals surface area (Å²) in [7, 11) is 3.27. The van der Waals surface area contributed by atoms with Crippen molar-refractivity contribution >= 4 is 5.78 Å². The van der Waals surface area contributed by atoms with Crippen LogP contribution in [0.1, 0.15) is 24.8 Å². The zero-order valence-electron chi connectivity index (χ0n) is 9.82. The van der Waals surface area contributed by atoms with Crippen molar-refractivity contribution in [2.24, 2.45) is 5.92 Å². The van der Waals surface area contributed by atoms with Gasteiger partial charge in [-0.1, -0.05) is 6.07 Å². The van der Waals surface area contributed by atoms with Crippen LogP contribution < -0.4 is 9.47 Å². The normalized spacial score (nSPS) is 22.7. The lowest BCUT2D eigenvalue weighted by Gasteiger charge is -2.09. The second-order valence-electron chi connectivity index (χ2n) is 4.17. The minimum atomic E-state index is 0.183. The predicted molar refractivity (Wildman–Crippen MR) is 61.1 cm³/mol. The molecule has 0 heterocycles. The van der Waals surface area contributed by atoms with Gasteiger partial charge in [-0.3, -0.25) is 4.79 Å². The van der Waals surface area contributed by atoms with E-state index in [1.54, 1.807) is 21.1 Å². The second kappa shape index (κ2) is 4.16. The molecule has 1 saturated carbocycles. The molecule has 0 bridgehead atoms. The Morgan fingerprint density at radius 2 is 2.06 bits per heavy atom. The van der Waals surface area contributed by atoms with Crippen molar-refractivity contribution in [2.45, 2.75) is 19.3 Å². The molecule has 0 unspecified atom stereocenters. The Bertz CT molecular complexity index is 412. The van der Waals surface area contributed by atoms with Gasteiger partial charge >= 0.3 is 0 Å². The fourth-order valence-corrected chi connectivity index (χ4v) is 2.11. The topological polar surface area (TPSA) is 35.5 Å². The van der Waals surface area contributed by atoms with Crippen molar-refractivity contribution < 1.29 is 14.3 Å². The molecule has 0 spiro atoms. The van der Waals surface area contributed by atoms with E-state index < -0.39 is 0 Å². The third-order valence-electron chi connectivity index (χ3n) is 3.15. The number of ether oxygens (including phenoxy) is 2. The fourth-order valence-electron chi connectivity index (χ4n) is 2.11. The van der Waals surface area contributed by atoms with Gasteiger partial charge in [-0.15, -0.1) is 0 Å².